The molecule has 0 unspecified atom stereocenters. The molecule has 1 saturated heterocycles. The number of carbonyl (C=O) groups is 1. The molecule has 116 valence electrons. The number of amides is 1. The molecule has 0 saturated carbocycles. The molecule has 0 aromatic carbocycles. The molecule has 1 amide bonds. The molecule has 3 heterocycles. The normalized spacial score (nSPS) is 15.2. The second kappa shape index (κ2) is 5.80. The fourth-order valence-corrected chi connectivity index (χ4v) is 2.67. The van der Waals surface area contributed by atoms with Crippen LogP contribution in [-0.4, -0.2) is 64.3 Å². The molecule has 1 N–H and O–H groups in total. The molecule has 2 aromatic rings. The van der Waals surface area contributed by atoms with E-state index < -0.39 is 6.09 Å². The summed E-state index contributed by atoms with van der Waals surface area (Å²) in [4.78, 5) is 26.9. The van der Waals surface area contributed by atoms with Gasteiger partial charge in [0.2, 0.25) is 5.28 Å². The van der Waals surface area contributed by atoms with Gasteiger partial charge in [-0.15, -0.1) is 0 Å². The van der Waals surface area contributed by atoms with Gasteiger partial charge in [0.25, 0.3) is 0 Å². The summed E-state index contributed by atoms with van der Waals surface area (Å²) in [5.74, 6) is 1.20. The van der Waals surface area contributed by atoms with Gasteiger partial charge in [0.05, 0.1) is 30.4 Å². The van der Waals surface area contributed by atoms with Crippen LogP contribution in [0.4, 0.5) is 10.6 Å². The zero-order chi connectivity index (χ0) is 15.7. The second-order valence-corrected chi connectivity index (χ2v) is 5.15. The Balaban J connectivity index is 2.02. The monoisotopic (exact) mass is 323 g/mol. The van der Waals surface area contributed by atoms with Crippen LogP contribution in [0, 0.1) is 0 Å². The molecule has 2 aromatic heterocycles. The number of hydrogen-bond donors (Lipinski definition) is 1. The van der Waals surface area contributed by atoms with Crippen LogP contribution in [0.3, 0.4) is 0 Å². The number of fused-ring (bicyclic) bond motifs is 1. The van der Waals surface area contributed by atoms with E-state index in [-0.39, 0.29) is 5.28 Å². The Morgan fingerprint density at radius 3 is 2.64 bits per heavy atom. The van der Waals surface area contributed by atoms with Crippen molar-refractivity contribution >= 4 is 34.4 Å². The lowest BCUT2D eigenvalue weighted by molar-refractivity contribution is 0.142. The van der Waals surface area contributed by atoms with Crippen molar-refractivity contribution in [1.82, 2.24) is 19.9 Å². The molecule has 8 nitrogen and oxygen atoms in total. The first-order valence-corrected chi connectivity index (χ1v) is 7.06. The third-order valence-electron chi connectivity index (χ3n) is 3.60. The molecule has 0 bridgehead atoms. The van der Waals surface area contributed by atoms with Crippen molar-refractivity contribution in [3.63, 3.8) is 0 Å². The average Bonchev–Trinajstić information content (AvgIpc) is 2.53. The maximum Gasteiger partial charge on any atom is 0.407 e. The van der Waals surface area contributed by atoms with Gasteiger partial charge in [-0.05, 0) is 11.6 Å². The van der Waals surface area contributed by atoms with Gasteiger partial charge >= 0.3 is 6.09 Å². The van der Waals surface area contributed by atoms with Gasteiger partial charge in [-0.1, -0.05) is 0 Å². The number of halogens is 1. The molecular weight excluding hydrogens is 310 g/mol. The minimum absolute atomic E-state index is 0.123. The fraction of sp³-hybridized carbons (Fsp3) is 0.385. The van der Waals surface area contributed by atoms with Crippen molar-refractivity contribution < 1.29 is 14.6 Å². The number of pyridine rings is 1. The van der Waals surface area contributed by atoms with Crippen LogP contribution < -0.4 is 9.64 Å². The Morgan fingerprint density at radius 1 is 1.27 bits per heavy atom. The van der Waals surface area contributed by atoms with E-state index in [2.05, 4.69) is 15.0 Å². The summed E-state index contributed by atoms with van der Waals surface area (Å²) in [7, 11) is 1.55. The molecule has 1 fully saturated rings. The minimum atomic E-state index is -0.910. The highest BCUT2D eigenvalue weighted by Gasteiger charge is 2.24. The topological polar surface area (TPSA) is 91.7 Å². The molecule has 0 aliphatic carbocycles. The summed E-state index contributed by atoms with van der Waals surface area (Å²) < 4.78 is 5.34. The number of ether oxygens (including phenoxy) is 1. The lowest BCUT2D eigenvalue weighted by Gasteiger charge is -2.34. The second-order valence-electron chi connectivity index (χ2n) is 4.81. The number of hydrogen-bond acceptors (Lipinski definition) is 6. The molecule has 3 rings (SSSR count). The van der Waals surface area contributed by atoms with E-state index in [4.69, 9.17) is 21.4 Å². The smallest absolute Gasteiger partial charge is 0.407 e. The Bertz CT molecular complexity index is 718. The Labute approximate surface area is 131 Å². The minimum Gasteiger partial charge on any atom is -0.494 e. The van der Waals surface area contributed by atoms with Gasteiger partial charge < -0.3 is 19.6 Å². The van der Waals surface area contributed by atoms with Gasteiger partial charge in [0, 0.05) is 26.2 Å². The highest BCUT2D eigenvalue weighted by molar-refractivity contribution is 6.29. The number of aromatic nitrogens is 3. The van der Waals surface area contributed by atoms with Gasteiger partial charge in [0.1, 0.15) is 11.6 Å². The van der Waals surface area contributed by atoms with E-state index in [9.17, 15) is 4.79 Å². The van der Waals surface area contributed by atoms with Crippen LogP contribution in [0.15, 0.2) is 12.4 Å². The largest absolute Gasteiger partial charge is 0.494 e. The molecule has 1 aliphatic rings. The Kier molecular flexibility index (Phi) is 3.84. The van der Waals surface area contributed by atoms with Crippen LogP contribution in [0.2, 0.25) is 5.28 Å². The third kappa shape index (κ3) is 2.57. The molecule has 1 aliphatic heterocycles. The predicted octanol–water partition coefficient (Wildman–Crippen LogP) is 1.49. The first-order chi connectivity index (χ1) is 10.6. The predicted molar refractivity (Wildman–Crippen MR) is 80.7 cm³/mol. The van der Waals surface area contributed by atoms with E-state index in [1.54, 1.807) is 19.5 Å². The Morgan fingerprint density at radius 2 is 2.00 bits per heavy atom. The fourth-order valence-electron chi connectivity index (χ4n) is 2.50. The van der Waals surface area contributed by atoms with Crippen molar-refractivity contribution in [2.45, 2.75) is 0 Å². The van der Waals surface area contributed by atoms with Gasteiger partial charge in [-0.3, -0.25) is 4.98 Å². The number of methoxy groups -OCH3 is 1. The Hall–Kier alpha value is -2.35. The lowest BCUT2D eigenvalue weighted by Crippen LogP contribution is -2.48. The third-order valence-corrected chi connectivity index (χ3v) is 3.76. The van der Waals surface area contributed by atoms with Crippen molar-refractivity contribution in [2.24, 2.45) is 0 Å². The number of piperazine rings is 1. The van der Waals surface area contributed by atoms with Crippen LogP contribution in [0.25, 0.3) is 10.9 Å². The van der Waals surface area contributed by atoms with Crippen LogP contribution in [0.1, 0.15) is 0 Å². The summed E-state index contributed by atoms with van der Waals surface area (Å²) >= 11 is 6.00. The number of carboxylic acid groups (broad SMARTS) is 1. The molecule has 9 heteroatoms. The van der Waals surface area contributed by atoms with Gasteiger partial charge in [0.15, 0.2) is 0 Å². The van der Waals surface area contributed by atoms with Crippen molar-refractivity contribution in [1.29, 1.82) is 0 Å². The zero-order valence-corrected chi connectivity index (χ0v) is 12.6. The van der Waals surface area contributed by atoms with Crippen molar-refractivity contribution in [3.05, 3.63) is 17.7 Å². The first-order valence-electron chi connectivity index (χ1n) is 6.68. The number of nitrogens with zero attached hydrogens (tertiary/aromatic N) is 5. The first kappa shape index (κ1) is 14.6. The maximum absolute atomic E-state index is 11.0. The summed E-state index contributed by atoms with van der Waals surface area (Å²) in [5.41, 5.74) is 0.593. The van der Waals surface area contributed by atoms with E-state index >= 15 is 0 Å². The van der Waals surface area contributed by atoms with E-state index in [0.29, 0.717) is 43.3 Å². The van der Waals surface area contributed by atoms with E-state index in [1.165, 1.54) is 4.90 Å². The average molecular weight is 324 g/mol. The van der Waals surface area contributed by atoms with E-state index in [0.717, 1.165) is 5.39 Å². The molecule has 0 spiro atoms. The summed E-state index contributed by atoms with van der Waals surface area (Å²) in [5, 5.41) is 9.88. The lowest BCUT2D eigenvalue weighted by atomic mass is 10.2. The standard InChI is InChI=1S/C13H14ClN5O3/c1-22-9-7-15-6-8-10(9)11(17-12(14)16-8)18-2-4-19(5-3-18)13(20)21/h6-7H,2-5H2,1H3,(H,20,21). The summed E-state index contributed by atoms with van der Waals surface area (Å²) in [6, 6.07) is 0. The molecular formula is C13H14ClN5O3. The van der Waals surface area contributed by atoms with Crippen LogP contribution in [-0.2, 0) is 0 Å². The SMILES string of the molecule is COc1cncc2nc(Cl)nc(N3CCN(C(=O)O)CC3)c12. The zero-order valence-electron chi connectivity index (χ0n) is 11.9. The van der Waals surface area contributed by atoms with Gasteiger partial charge in [-0.2, -0.15) is 4.98 Å². The molecule has 22 heavy (non-hydrogen) atoms. The van der Waals surface area contributed by atoms with Crippen molar-refractivity contribution in [3.8, 4) is 5.75 Å². The van der Waals surface area contributed by atoms with Gasteiger partial charge in [-0.25, -0.2) is 9.78 Å². The van der Waals surface area contributed by atoms with Crippen LogP contribution in [0.5, 0.6) is 5.75 Å². The summed E-state index contributed by atoms with van der Waals surface area (Å²) in [6.07, 6.45) is 2.28. The number of rotatable bonds is 2. The molecule has 0 radical (unpaired) electrons. The van der Waals surface area contributed by atoms with Crippen LogP contribution >= 0.6 is 11.6 Å². The van der Waals surface area contributed by atoms with E-state index in [1.807, 2.05) is 4.90 Å². The highest BCUT2D eigenvalue weighted by Crippen LogP contribution is 2.32. The van der Waals surface area contributed by atoms with Crippen molar-refractivity contribution in [2.75, 3.05) is 38.2 Å². The number of anilines is 1. The maximum atomic E-state index is 11.0. The summed E-state index contributed by atoms with van der Waals surface area (Å²) in [6.45, 7) is 1.87. The highest BCUT2D eigenvalue weighted by atomic mass is 35.5. The quantitative estimate of drug-likeness (QED) is 0.837. The molecule has 0 atom stereocenters.